The second-order valence-electron chi connectivity index (χ2n) is 8.68. The molecule has 0 aliphatic carbocycles. The Bertz CT molecular complexity index is 1320. The molecule has 1 aromatic heterocycles. The van der Waals surface area contributed by atoms with Crippen LogP contribution in [-0.4, -0.2) is 53.5 Å². The van der Waals surface area contributed by atoms with Gasteiger partial charge in [0.1, 0.15) is 0 Å². The van der Waals surface area contributed by atoms with Crippen molar-refractivity contribution in [3.63, 3.8) is 0 Å². The number of nitrogens with two attached hydrogens (primary N) is 1. The fourth-order valence-electron chi connectivity index (χ4n) is 4.48. The van der Waals surface area contributed by atoms with Crippen molar-refractivity contribution in [1.29, 1.82) is 0 Å². The largest absolute Gasteiger partial charge is 0.469 e. The van der Waals surface area contributed by atoms with Crippen molar-refractivity contribution in [2.45, 2.75) is 23.0 Å². The molecule has 1 atom stereocenters. The first-order chi connectivity index (χ1) is 16.0. The number of carbonyl (C=O) groups is 1. The van der Waals surface area contributed by atoms with Gasteiger partial charge in [0.15, 0.2) is 17.4 Å². The third-order valence-electron chi connectivity index (χ3n) is 5.97. The average Bonchev–Trinajstić information content (AvgIpc) is 3.14. The summed E-state index contributed by atoms with van der Waals surface area (Å²) >= 11 is 0. The van der Waals surface area contributed by atoms with E-state index in [2.05, 4.69) is 9.88 Å². The van der Waals surface area contributed by atoms with E-state index in [4.69, 9.17) is 10.5 Å². The van der Waals surface area contributed by atoms with Crippen LogP contribution in [-0.2, 0) is 33.8 Å². The molecule has 0 saturated carbocycles. The number of likely N-dealkylation sites (tertiary alicyclic amines) is 1. The number of rotatable bonds is 8. The van der Waals surface area contributed by atoms with Gasteiger partial charge in [-0.1, -0.05) is 36.4 Å². The summed E-state index contributed by atoms with van der Waals surface area (Å²) in [5.41, 5.74) is 7.19. The van der Waals surface area contributed by atoms with Crippen molar-refractivity contribution in [2.75, 3.05) is 20.1 Å². The lowest BCUT2D eigenvalue weighted by Crippen LogP contribution is -2.58. The molecule has 2 aromatic carbocycles. The van der Waals surface area contributed by atoms with E-state index in [0.29, 0.717) is 0 Å². The molecule has 3 aromatic rings. The maximum atomic E-state index is 14.8. The average molecular weight is 489 g/mol. The summed E-state index contributed by atoms with van der Waals surface area (Å²) in [4.78, 5) is 18.1. The van der Waals surface area contributed by atoms with Crippen molar-refractivity contribution < 1.29 is 26.9 Å². The smallest absolute Gasteiger partial charge is 0.313 e. The summed E-state index contributed by atoms with van der Waals surface area (Å²) in [6.45, 7) is 1.51. The van der Waals surface area contributed by atoms with Gasteiger partial charge >= 0.3 is 10.1 Å². The molecule has 180 valence electrons. The first kappa shape index (κ1) is 23.9. The van der Waals surface area contributed by atoms with E-state index in [1.807, 2.05) is 37.4 Å². The normalized spacial score (nSPS) is 16.6. The maximum Gasteiger partial charge on any atom is 0.313 e. The number of imidazole rings is 1. The Labute approximate surface area is 196 Å². The molecule has 0 spiro atoms. The number of nitrogens with zero attached hydrogens (tertiary/aromatic N) is 3. The molecule has 1 amide bonds. The Morgan fingerprint density at radius 3 is 2.47 bits per heavy atom. The molecule has 34 heavy (non-hydrogen) atoms. The van der Waals surface area contributed by atoms with Crippen LogP contribution in [0.15, 0.2) is 59.8 Å². The van der Waals surface area contributed by atoms with Gasteiger partial charge in [0, 0.05) is 31.7 Å². The van der Waals surface area contributed by atoms with Crippen molar-refractivity contribution in [1.82, 2.24) is 14.5 Å². The topological polar surface area (TPSA) is 128 Å². The quantitative estimate of drug-likeness (QED) is 0.463. The number of aromatic nitrogens is 2. The molecule has 2 heterocycles. The predicted molar refractivity (Wildman–Crippen MR) is 121 cm³/mol. The molecular formula is C23H25FN4O5S. The van der Waals surface area contributed by atoms with Crippen molar-refractivity contribution in [3.05, 3.63) is 77.5 Å². The Morgan fingerprint density at radius 1 is 1.24 bits per heavy atom. The lowest BCUT2D eigenvalue weighted by molar-refractivity contribution is -0.125. The highest BCUT2D eigenvalue weighted by atomic mass is 32.2. The summed E-state index contributed by atoms with van der Waals surface area (Å²) in [6, 6.07) is 14.5. The zero-order valence-electron chi connectivity index (χ0n) is 18.7. The van der Waals surface area contributed by atoms with Crippen molar-refractivity contribution in [2.24, 2.45) is 12.8 Å². The summed E-state index contributed by atoms with van der Waals surface area (Å²) in [6.07, 6.45) is 0.162. The zero-order valence-corrected chi connectivity index (χ0v) is 19.5. The van der Waals surface area contributed by atoms with Gasteiger partial charge in [-0.25, -0.2) is 9.37 Å². The SMILES string of the molecule is CN1CC(Cc2ccccc2)(c2ccc(F)c(OC(C(N)=O)c3nc(S(=O)(=O)O)cn3C)c2)C1. The summed E-state index contributed by atoms with van der Waals surface area (Å²) < 4.78 is 53.7. The molecule has 4 rings (SSSR count). The van der Waals surface area contributed by atoms with E-state index < -0.39 is 33.0 Å². The van der Waals surface area contributed by atoms with E-state index in [0.717, 1.165) is 36.8 Å². The van der Waals surface area contributed by atoms with E-state index >= 15 is 0 Å². The van der Waals surface area contributed by atoms with E-state index in [-0.39, 0.29) is 17.0 Å². The highest BCUT2D eigenvalue weighted by Crippen LogP contribution is 2.39. The number of benzene rings is 2. The van der Waals surface area contributed by atoms with Crippen molar-refractivity contribution >= 4 is 16.0 Å². The van der Waals surface area contributed by atoms with Gasteiger partial charge in [0.2, 0.25) is 11.1 Å². The third-order valence-corrected chi connectivity index (χ3v) is 6.69. The van der Waals surface area contributed by atoms with Gasteiger partial charge in [-0.3, -0.25) is 9.35 Å². The minimum absolute atomic E-state index is 0.188. The summed E-state index contributed by atoms with van der Waals surface area (Å²) in [5, 5.41) is -0.673. The molecule has 11 heteroatoms. The van der Waals surface area contributed by atoms with Crippen LogP contribution in [0.4, 0.5) is 4.39 Å². The highest BCUT2D eigenvalue weighted by molar-refractivity contribution is 7.85. The van der Waals surface area contributed by atoms with Crippen LogP contribution in [0.25, 0.3) is 0 Å². The Balaban J connectivity index is 1.69. The van der Waals surface area contributed by atoms with E-state index in [9.17, 15) is 22.2 Å². The lowest BCUT2D eigenvalue weighted by atomic mass is 9.70. The van der Waals surface area contributed by atoms with Crippen LogP contribution < -0.4 is 10.5 Å². The molecule has 1 unspecified atom stereocenters. The number of aryl methyl sites for hydroxylation is 1. The van der Waals surface area contributed by atoms with Gasteiger partial charge in [0.25, 0.3) is 5.91 Å². The molecule has 1 saturated heterocycles. The summed E-state index contributed by atoms with van der Waals surface area (Å²) in [5.74, 6) is -2.10. The third kappa shape index (κ3) is 4.67. The number of amides is 1. The summed E-state index contributed by atoms with van der Waals surface area (Å²) in [7, 11) is -1.21. The lowest BCUT2D eigenvalue weighted by Gasteiger charge is -2.49. The van der Waals surface area contributed by atoms with Crippen LogP contribution in [0.3, 0.4) is 0 Å². The van der Waals surface area contributed by atoms with Gasteiger partial charge in [-0.05, 0) is 36.7 Å². The molecule has 1 aliphatic rings. The number of primary amides is 1. The monoisotopic (exact) mass is 488 g/mol. The fraction of sp³-hybridized carbons (Fsp3) is 0.304. The second kappa shape index (κ2) is 8.82. The molecule has 0 bridgehead atoms. The molecule has 1 aliphatic heterocycles. The van der Waals surface area contributed by atoms with Gasteiger partial charge in [-0.2, -0.15) is 8.42 Å². The minimum atomic E-state index is -4.62. The Hall–Kier alpha value is -3.28. The van der Waals surface area contributed by atoms with Crippen LogP contribution in [0, 0.1) is 5.82 Å². The van der Waals surface area contributed by atoms with Crippen LogP contribution in [0.1, 0.15) is 23.1 Å². The van der Waals surface area contributed by atoms with Crippen LogP contribution >= 0.6 is 0 Å². The second-order valence-corrected chi connectivity index (χ2v) is 10.1. The number of carbonyl (C=O) groups excluding carboxylic acids is 1. The number of ether oxygens (including phenoxy) is 1. The predicted octanol–water partition coefficient (Wildman–Crippen LogP) is 1.84. The van der Waals surface area contributed by atoms with Crippen molar-refractivity contribution in [3.8, 4) is 5.75 Å². The first-order valence-corrected chi connectivity index (χ1v) is 11.9. The van der Waals surface area contributed by atoms with Crippen LogP contribution in [0.5, 0.6) is 5.75 Å². The van der Waals surface area contributed by atoms with E-state index in [1.54, 1.807) is 12.1 Å². The number of hydrogen-bond acceptors (Lipinski definition) is 6. The van der Waals surface area contributed by atoms with Gasteiger partial charge < -0.3 is 19.9 Å². The standard InChI is InChI=1S/C23H25FN4O5S/c1-27-13-23(14-27,11-15-6-4-3-5-7-15)16-8-9-17(24)18(10-16)33-20(21(25)29)22-26-19(12-28(22)2)34(30,31)32/h3-10,12,20H,11,13-14H2,1-2H3,(H2,25,29)(H,30,31,32). The number of hydrogen-bond donors (Lipinski definition) is 2. The number of halogens is 1. The molecule has 0 radical (unpaired) electrons. The van der Waals surface area contributed by atoms with Gasteiger partial charge in [0.05, 0.1) is 0 Å². The molecule has 3 N–H and O–H groups in total. The minimum Gasteiger partial charge on any atom is -0.469 e. The zero-order chi connectivity index (χ0) is 24.7. The highest BCUT2D eigenvalue weighted by Gasteiger charge is 2.43. The van der Waals surface area contributed by atoms with Gasteiger partial charge in [-0.15, -0.1) is 0 Å². The maximum absolute atomic E-state index is 14.8. The van der Waals surface area contributed by atoms with E-state index in [1.165, 1.54) is 17.7 Å². The molecule has 9 nitrogen and oxygen atoms in total. The fourth-order valence-corrected chi connectivity index (χ4v) is 4.98. The Morgan fingerprint density at radius 2 is 1.91 bits per heavy atom. The molecule has 1 fully saturated rings. The first-order valence-electron chi connectivity index (χ1n) is 10.5. The van der Waals surface area contributed by atoms with Crippen LogP contribution in [0.2, 0.25) is 0 Å². The number of likely N-dealkylation sites (N-methyl/N-ethyl adjacent to an activating group) is 1. The Kier molecular flexibility index (Phi) is 6.19. The molecular weight excluding hydrogens is 463 g/mol.